The van der Waals surface area contributed by atoms with Gasteiger partial charge in [-0.25, -0.2) is 0 Å². The van der Waals surface area contributed by atoms with Crippen LogP contribution in [-0.4, -0.2) is 28.5 Å². The molecule has 128 valence electrons. The van der Waals surface area contributed by atoms with E-state index >= 15 is 0 Å². The molecule has 0 N–H and O–H groups in total. The number of nitrogens with zero attached hydrogens (tertiary/aromatic N) is 1. The number of rotatable bonds is 6. The van der Waals surface area contributed by atoms with Crippen molar-refractivity contribution in [2.45, 2.75) is 39.7 Å². The maximum absolute atomic E-state index is 12.9. The fraction of sp³-hybridized carbons (Fsp3) is 0.450. The molecular formula is C20H25NO3. The van der Waals surface area contributed by atoms with Gasteiger partial charge in [-0.15, -0.1) is 6.58 Å². The number of imide groups is 1. The third-order valence-electron chi connectivity index (χ3n) is 4.58. The first-order valence-electron chi connectivity index (χ1n) is 8.50. The maximum Gasteiger partial charge on any atom is 0.260 e. The lowest BCUT2D eigenvalue weighted by Crippen LogP contribution is -2.41. The van der Waals surface area contributed by atoms with Gasteiger partial charge in [0.15, 0.2) is 0 Å². The van der Waals surface area contributed by atoms with E-state index < -0.39 is 5.92 Å². The summed E-state index contributed by atoms with van der Waals surface area (Å²) in [7, 11) is 0. The van der Waals surface area contributed by atoms with Crippen LogP contribution in [0.2, 0.25) is 0 Å². The van der Waals surface area contributed by atoms with Gasteiger partial charge in [-0.3, -0.25) is 19.3 Å². The van der Waals surface area contributed by atoms with Crippen LogP contribution in [0.5, 0.6) is 0 Å². The van der Waals surface area contributed by atoms with Crippen LogP contribution in [0.3, 0.4) is 0 Å². The Kier molecular flexibility index (Phi) is 5.71. The highest BCUT2D eigenvalue weighted by Crippen LogP contribution is 2.37. The van der Waals surface area contributed by atoms with E-state index in [4.69, 9.17) is 0 Å². The number of Topliss-reactive ketones (excluding diaryl/α,β-unsaturated/α-hetero) is 1. The highest BCUT2D eigenvalue weighted by Gasteiger charge is 2.51. The van der Waals surface area contributed by atoms with Crippen molar-refractivity contribution in [2.24, 2.45) is 17.8 Å². The highest BCUT2D eigenvalue weighted by atomic mass is 16.2. The maximum atomic E-state index is 12.9. The fourth-order valence-corrected chi connectivity index (χ4v) is 3.45. The highest BCUT2D eigenvalue weighted by molar-refractivity contribution is 6.13. The summed E-state index contributed by atoms with van der Waals surface area (Å²) < 4.78 is 0. The molecule has 0 bridgehead atoms. The van der Waals surface area contributed by atoms with Crippen LogP contribution in [-0.2, 0) is 9.59 Å². The quantitative estimate of drug-likeness (QED) is 0.456. The van der Waals surface area contributed by atoms with E-state index in [0.29, 0.717) is 17.9 Å². The van der Waals surface area contributed by atoms with Gasteiger partial charge in [0.25, 0.3) is 5.91 Å². The number of hydrogen-bond acceptors (Lipinski definition) is 3. The Labute approximate surface area is 143 Å². The zero-order valence-electron chi connectivity index (χ0n) is 14.6. The van der Waals surface area contributed by atoms with Crippen molar-refractivity contribution in [3.8, 4) is 0 Å². The first-order chi connectivity index (χ1) is 11.4. The van der Waals surface area contributed by atoms with Gasteiger partial charge in [-0.2, -0.15) is 0 Å². The predicted molar refractivity (Wildman–Crippen MR) is 93.3 cm³/mol. The van der Waals surface area contributed by atoms with Crippen LogP contribution in [0.15, 0.2) is 43.0 Å². The van der Waals surface area contributed by atoms with Crippen LogP contribution in [0.4, 0.5) is 0 Å². The van der Waals surface area contributed by atoms with E-state index in [1.54, 1.807) is 37.3 Å². The van der Waals surface area contributed by atoms with Gasteiger partial charge in [0.1, 0.15) is 11.7 Å². The standard InChI is InChI=1S/C20H25NO3/c1-5-15-16(12-13(3)4)21(20(24)18(15)17(22)6-2)19(23)14-10-8-7-9-11-14/h5,7-11,13,15-16,18H,1,6,12H2,2-4H3/t15-,16-,18?/m0/s1. The smallest absolute Gasteiger partial charge is 0.260 e. The lowest BCUT2D eigenvalue weighted by molar-refractivity contribution is -0.135. The summed E-state index contributed by atoms with van der Waals surface area (Å²) in [6.45, 7) is 9.66. The Hall–Kier alpha value is -2.23. The number of hydrogen-bond donors (Lipinski definition) is 0. The first-order valence-corrected chi connectivity index (χ1v) is 8.50. The molecule has 1 aromatic carbocycles. The van der Waals surface area contributed by atoms with Crippen molar-refractivity contribution < 1.29 is 14.4 Å². The molecule has 0 saturated carbocycles. The molecule has 1 saturated heterocycles. The van der Waals surface area contributed by atoms with Crippen molar-refractivity contribution >= 4 is 17.6 Å². The van der Waals surface area contributed by atoms with Crippen molar-refractivity contribution in [3.05, 3.63) is 48.6 Å². The van der Waals surface area contributed by atoms with Crippen molar-refractivity contribution in [2.75, 3.05) is 0 Å². The topological polar surface area (TPSA) is 54.5 Å². The van der Waals surface area contributed by atoms with Gasteiger partial charge >= 0.3 is 0 Å². The first kappa shape index (κ1) is 18.1. The second-order valence-corrected chi connectivity index (χ2v) is 6.69. The second-order valence-electron chi connectivity index (χ2n) is 6.69. The summed E-state index contributed by atoms with van der Waals surface area (Å²) in [5.41, 5.74) is 0.465. The zero-order valence-corrected chi connectivity index (χ0v) is 14.6. The molecule has 0 aliphatic carbocycles. The average molecular weight is 327 g/mol. The van der Waals surface area contributed by atoms with Gasteiger partial charge < -0.3 is 0 Å². The molecule has 0 aromatic heterocycles. The van der Waals surface area contributed by atoms with Gasteiger partial charge in [-0.1, -0.05) is 45.0 Å². The average Bonchev–Trinajstić information content (AvgIpc) is 2.85. The molecule has 24 heavy (non-hydrogen) atoms. The van der Waals surface area contributed by atoms with Gasteiger partial charge in [0.2, 0.25) is 5.91 Å². The third-order valence-corrected chi connectivity index (χ3v) is 4.58. The minimum absolute atomic E-state index is 0.123. The van der Waals surface area contributed by atoms with E-state index in [-0.39, 0.29) is 36.0 Å². The second kappa shape index (κ2) is 7.56. The Morgan fingerprint density at radius 1 is 1.25 bits per heavy atom. The Morgan fingerprint density at radius 2 is 1.88 bits per heavy atom. The van der Waals surface area contributed by atoms with Crippen LogP contribution in [0, 0.1) is 17.8 Å². The van der Waals surface area contributed by atoms with E-state index in [9.17, 15) is 14.4 Å². The van der Waals surface area contributed by atoms with Crippen LogP contribution >= 0.6 is 0 Å². The third kappa shape index (κ3) is 3.32. The number of amides is 2. The molecule has 0 radical (unpaired) electrons. The van der Waals surface area contributed by atoms with E-state index in [1.807, 2.05) is 19.9 Å². The minimum Gasteiger partial charge on any atom is -0.299 e. The molecule has 1 aliphatic heterocycles. The van der Waals surface area contributed by atoms with Crippen molar-refractivity contribution in [1.29, 1.82) is 0 Å². The number of ketones is 1. The Morgan fingerprint density at radius 3 is 2.38 bits per heavy atom. The van der Waals surface area contributed by atoms with Gasteiger partial charge in [0, 0.05) is 23.9 Å². The SMILES string of the molecule is C=C[C@@H]1C(C(=O)CC)C(=O)N(C(=O)c2ccccc2)[C@H]1CC(C)C. The molecule has 1 fully saturated rings. The monoisotopic (exact) mass is 327 g/mol. The number of carbonyl (C=O) groups is 3. The summed E-state index contributed by atoms with van der Waals surface area (Å²) in [6, 6.07) is 8.43. The molecule has 3 atom stereocenters. The molecule has 4 heteroatoms. The summed E-state index contributed by atoms with van der Waals surface area (Å²) in [4.78, 5) is 39.5. The molecule has 4 nitrogen and oxygen atoms in total. The molecule has 2 rings (SSSR count). The summed E-state index contributed by atoms with van der Waals surface area (Å²) in [5, 5.41) is 0. The summed E-state index contributed by atoms with van der Waals surface area (Å²) in [6.07, 6.45) is 2.61. The molecule has 0 spiro atoms. The molecule has 1 aromatic rings. The van der Waals surface area contributed by atoms with Crippen molar-refractivity contribution in [3.63, 3.8) is 0 Å². The van der Waals surface area contributed by atoms with Crippen LogP contribution in [0.1, 0.15) is 44.0 Å². The summed E-state index contributed by atoms with van der Waals surface area (Å²) >= 11 is 0. The number of likely N-dealkylation sites (tertiary alicyclic amines) is 1. The molecule has 1 heterocycles. The fourth-order valence-electron chi connectivity index (χ4n) is 3.45. The summed E-state index contributed by atoms with van der Waals surface area (Å²) in [5.74, 6) is -1.64. The van der Waals surface area contributed by atoms with Crippen LogP contribution < -0.4 is 0 Å². The minimum atomic E-state index is -0.788. The van der Waals surface area contributed by atoms with Gasteiger partial charge in [0.05, 0.1) is 0 Å². The molecular weight excluding hydrogens is 302 g/mol. The number of carbonyl (C=O) groups excluding carboxylic acids is 3. The lowest BCUT2D eigenvalue weighted by Gasteiger charge is -2.27. The lowest BCUT2D eigenvalue weighted by atomic mass is 9.83. The zero-order chi connectivity index (χ0) is 17.9. The largest absolute Gasteiger partial charge is 0.299 e. The van der Waals surface area contributed by atoms with Crippen molar-refractivity contribution in [1.82, 2.24) is 4.90 Å². The Bertz CT molecular complexity index is 636. The predicted octanol–water partition coefficient (Wildman–Crippen LogP) is 3.48. The molecule has 1 unspecified atom stereocenters. The van der Waals surface area contributed by atoms with E-state index in [0.717, 1.165) is 0 Å². The van der Waals surface area contributed by atoms with Gasteiger partial charge in [-0.05, 0) is 24.5 Å². The Balaban J connectivity index is 2.45. The number of benzene rings is 1. The van der Waals surface area contributed by atoms with E-state index in [2.05, 4.69) is 6.58 Å². The molecule has 1 aliphatic rings. The normalized spacial score (nSPS) is 23.6. The van der Waals surface area contributed by atoms with E-state index in [1.165, 1.54) is 4.90 Å². The molecule has 2 amide bonds. The van der Waals surface area contributed by atoms with Crippen LogP contribution in [0.25, 0.3) is 0 Å².